The molecule has 0 saturated carbocycles. The standard InChI is InChI=1S/C10H15N5S/c1-3-4-9-12-10(16-14-9)11-7-8-5-6-15(2)13-8/h5-6H,3-4,7H2,1-2H3,(H,11,12,14). The second-order valence-corrected chi connectivity index (χ2v) is 4.35. The zero-order chi connectivity index (χ0) is 11.4. The molecule has 0 amide bonds. The van der Waals surface area contributed by atoms with Gasteiger partial charge in [0.05, 0.1) is 12.2 Å². The molecule has 0 aromatic carbocycles. The van der Waals surface area contributed by atoms with E-state index in [1.807, 2.05) is 19.3 Å². The highest BCUT2D eigenvalue weighted by atomic mass is 32.1. The van der Waals surface area contributed by atoms with Crippen molar-refractivity contribution < 1.29 is 0 Å². The Kier molecular flexibility index (Phi) is 3.51. The van der Waals surface area contributed by atoms with Crippen LogP contribution in [0.1, 0.15) is 24.9 Å². The van der Waals surface area contributed by atoms with Gasteiger partial charge in [0.2, 0.25) is 5.13 Å². The van der Waals surface area contributed by atoms with Gasteiger partial charge in [-0.3, -0.25) is 4.68 Å². The van der Waals surface area contributed by atoms with Crippen molar-refractivity contribution in [2.45, 2.75) is 26.3 Å². The Morgan fingerprint density at radius 1 is 1.50 bits per heavy atom. The number of anilines is 1. The third-order valence-corrected chi connectivity index (χ3v) is 2.84. The van der Waals surface area contributed by atoms with Crippen LogP contribution < -0.4 is 5.32 Å². The fraction of sp³-hybridized carbons (Fsp3) is 0.500. The van der Waals surface area contributed by atoms with E-state index in [1.54, 1.807) is 4.68 Å². The highest BCUT2D eigenvalue weighted by Crippen LogP contribution is 2.12. The minimum absolute atomic E-state index is 0.696. The van der Waals surface area contributed by atoms with Gasteiger partial charge in [0.15, 0.2) is 0 Å². The number of rotatable bonds is 5. The van der Waals surface area contributed by atoms with E-state index in [4.69, 9.17) is 0 Å². The molecule has 86 valence electrons. The average Bonchev–Trinajstić information content (AvgIpc) is 2.85. The Hall–Kier alpha value is -1.43. The molecular formula is C10H15N5S. The molecule has 0 saturated heterocycles. The Morgan fingerprint density at radius 3 is 3.06 bits per heavy atom. The normalized spacial score (nSPS) is 10.6. The molecular weight excluding hydrogens is 222 g/mol. The molecule has 0 unspecified atom stereocenters. The molecule has 0 radical (unpaired) electrons. The quantitative estimate of drug-likeness (QED) is 0.862. The van der Waals surface area contributed by atoms with E-state index in [0.717, 1.165) is 29.5 Å². The van der Waals surface area contributed by atoms with E-state index in [2.05, 4.69) is 26.7 Å². The summed E-state index contributed by atoms with van der Waals surface area (Å²) < 4.78 is 6.06. The largest absolute Gasteiger partial charge is 0.355 e. The molecule has 0 atom stereocenters. The number of hydrogen-bond donors (Lipinski definition) is 1. The first kappa shape index (κ1) is 11.1. The maximum absolute atomic E-state index is 4.38. The monoisotopic (exact) mass is 237 g/mol. The third kappa shape index (κ3) is 2.79. The smallest absolute Gasteiger partial charge is 0.202 e. The summed E-state index contributed by atoms with van der Waals surface area (Å²) in [6.07, 6.45) is 3.96. The molecule has 1 N–H and O–H groups in total. The maximum atomic E-state index is 4.38. The van der Waals surface area contributed by atoms with Gasteiger partial charge in [0, 0.05) is 31.2 Å². The number of nitrogens with zero attached hydrogens (tertiary/aromatic N) is 4. The predicted octanol–water partition coefficient (Wildman–Crippen LogP) is 1.84. The van der Waals surface area contributed by atoms with E-state index in [-0.39, 0.29) is 0 Å². The van der Waals surface area contributed by atoms with E-state index in [1.165, 1.54) is 11.5 Å². The number of aryl methyl sites for hydroxylation is 2. The minimum Gasteiger partial charge on any atom is -0.355 e. The molecule has 2 aromatic rings. The van der Waals surface area contributed by atoms with E-state index >= 15 is 0 Å². The summed E-state index contributed by atoms with van der Waals surface area (Å²) in [5.41, 5.74) is 1.01. The van der Waals surface area contributed by atoms with Gasteiger partial charge in [0.1, 0.15) is 5.82 Å². The van der Waals surface area contributed by atoms with Crippen molar-refractivity contribution in [3.63, 3.8) is 0 Å². The van der Waals surface area contributed by atoms with Crippen LogP contribution in [0.3, 0.4) is 0 Å². The fourth-order valence-corrected chi connectivity index (χ4v) is 1.98. The molecule has 2 rings (SSSR count). The number of hydrogen-bond acceptors (Lipinski definition) is 5. The van der Waals surface area contributed by atoms with E-state index in [9.17, 15) is 0 Å². The van der Waals surface area contributed by atoms with Gasteiger partial charge in [-0.25, -0.2) is 4.98 Å². The molecule has 0 fully saturated rings. The Balaban J connectivity index is 1.89. The Morgan fingerprint density at radius 2 is 2.38 bits per heavy atom. The summed E-state index contributed by atoms with van der Waals surface area (Å²) >= 11 is 1.41. The van der Waals surface area contributed by atoms with Crippen LogP contribution in [0.5, 0.6) is 0 Å². The van der Waals surface area contributed by atoms with Crippen LogP contribution >= 0.6 is 11.5 Å². The van der Waals surface area contributed by atoms with Gasteiger partial charge in [-0.2, -0.15) is 9.47 Å². The van der Waals surface area contributed by atoms with Crippen molar-refractivity contribution in [1.82, 2.24) is 19.1 Å². The summed E-state index contributed by atoms with van der Waals surface area (Å²) in [4.78, 5) is 4.38. The Bertz CT molecular complexity index is 448. The van der Waals surface area contributed by atoms with Crippen LogP contribution in [0.4, 0.5) is 5.13 Å². The highest BCUT2D eigenvalue weighted by molar-refractivity contribution is 7.09. The lowest BCUT2D eigenvalue weighted by atomic mass is 10.3. The van der Waals surface area contributed by atoms with Crippen molar-refractivity contribution in [3.8, 4) is 0 Å². The average molecular weight is 237 g/mol. The molecule has 0 spiro atoms. The number of nitrogens with one attached hydrogen (secondary N) is 1. The van der Waals surface area contributed by atoms with Gasteiger partial charge >= 0.3 is 0 Å². The van der Waals surface area contributed by atoms with Gasteiger partial charge < -0.3 is 5.32 Å². The molecule has 0 aliphatic carbocycles. The van der Waals surface area contributed by atoms with Gasteiger partial charge in [-0.15, -0.1) is 0 Å². The zero-order valence-electron chi connectivity index (χ0n) is 9.47. The summed E-state index contributed by atoms with van der Waals surface area (Å²) in [5, 5.41) is 8.37. The van der Waals surface area contributed by atoms with Crippen molar-refractivity contribution in [2.24, 2.45) is 7.05 Å². The van der Waals surface area contributed by atoms with Crippen molar-refractivity contribution in [2.75, 3.05) is 5.32 Å². The fourth-order valence-electron chi connectivity index (χ4n) is 1.37. The lowest BCUT2D eigenvalue weighted by Crippen LogP contribution is -2.01. The second-order valence-electron chi connectivity index (χ2n) is 3.60. The van der Waals surface area contributed by atoms with Crippen LogP contribution in [0.2, 0.25) is 0 Å². The third-order valence-electron chi connectivity index (χ3n) is 2.13. The van der Waals surface area contributed by atoms with Gasteiger partial charge in [-0.1, -0.05) is 6.92 Å². The second kappa shape index (κ2) is 5.07. The van der Waals surface area contributed by atoms with Crippen molar-refractivity contribution in [1.29, 1.82) is 0 Å². The zero-order valence-corrected chi connectivity index (χ0v) is 10.3. The summed E-state index contributed by atoms with van der Waals surface area (Å²) in [7, 11) is 1.91. The van der Waals surface area contributed by atoms with Gasteiger partial charge in [-0.05, 0) is 12.5 Å². The first-order valence-electron chi connectivity index (χ1n) is 5.33. The molecule has 0 aliphatic heterocycles. The molecule has 0 bridgehead atoms. The lowest BCUT2D eigenvalue weighted by Gasteiger charge is -1.97. The minimum atomic E-state index is 0.696. The molecule has 5 nitrogen and oxygen atoms in total. The van der Waals surface area contributed by atoms with Crippen molar-refractivity contribution >= 4 is 16.7 Å². The van der Waals surface area contributed by atoms with Gasteiger partial charge in [0.25, 0.3) is 0 Å². The first-order chi connectivity index (χ1) is 7.78. The molecule has 2 aromatic heterocycles. The summed E-state index contributed by atoms with van der Waals surface area (Å²) in [6.45, 7) is 2.82. The first-order valence-corrected chi connectivity index (χ1v) is 6.10. The van der Waals surface area contributed by atoms with Crippen LogP contribution in [0.25, 0.3) is 0 Å². The summed E-state index contributed by atoms with van der Waals surface area (Å²) in [5.74, 6) is 0.927. The van der Waals surface area contributed by atoms with Crippen LogP contribution in [-0.4, -0.2) is 19.1 Å². The number of aromatic nitrogens is 4. The van der Waals surface area contributed by atoms with Crippen LogP contribution in [0.15, 0.2) is 12.3 Å². The van der Waals surface area contributed by atoms with Crippen LogP contribution in [0, 0.1) is 0 Å². The predicted molar refractivity (Wildman–Crippen MR) is 64.4 cm³/mol. The maximum Gasteiger partial charge on any atom is 0.202 e. The molecule has 0 aliphatic rings. The Labute approximate surface area is 98.7 Å². The molecule has 6 heteroatoms. The van der Waals surface area contributed by atoms with Crippen LogP contribution in [-0.2, 0) is 20.0 Å². The lowest BCUT2D eigenvalue weighted by molar-refractivity contribution is 0.747. The molecule has 2 heterocycles. The topological polar surface area (TPSA) is 55.6 Å². The van der Waals surface area contributed by atoms with E-state index in [0.29, 0.717) is 6.54 Å². The summed E-state index contributed by atoms with van der Waals surface area (Å²) in [6, 6.07) is 1.99. The van der Waals surface area contributed by atoms with E-state index < -0.39 is 0 Å². The highest BCUT2D eigenvalue weighted by Gasteiger charge is 2.03. The molecule has 16 heavy (non-hydrogen) atoms. The SMILES string of the molecule is CCCc1nsc(NCc2ccn(C)n2)n1. The van der Waals surface area contributed by atoms with Crippen molar-refractivity contribution in [3.05, 3.63) is 23.8 Å².